The van der Waals surface area contributed by atoms with Crippen LogP contribution in [0.5, 0.6) is 0 Å². The third kappa shape index (κ3) is 1.25. The van der Waals surface area contributed by atoms with Gasteiger partial charge in [-0.15, -0.1) is 0 Å². The van der Waals surface area contributed by atoms with E-state index in [1.807, 2.05) is 0 Å². The van der Waals surface area contributed by atoms with Crippen molar-refractivity contribution in [3.05, 3.63) is 0 Å². The Hall–Kier alpha value is -0.550. The van der Waals surface area contributed by atoms with Crippen molar-refractivity contribution in [1.29, 1.82) is 5.26 Å². The quantitative estimate of drug-likeness (QED) is 0.603. The van der Waals surface area contributed by atoms with Crippen LogP contribution in [-0.4, -0.2) is 23.5 Å². The van der Waals surface area contributed by atoms with E-state index in [0.29, 0.717) is 0 Å². The summed E-state index contributed by atoms with van der Waals surface area (Å²) in [5.41, 5.74) is -0.116. The molecule has 1 saturated heterocycles. The summed E-state index contributed by atoms with van der Waals surface area (Å²) in [5, 5.41) is 9.03. The number of rotatable bonds is 2. The van der Waals surface area contributed by atoms with Crippen LogP contribution >= 0.6 is 0 Å². The molecule has 0 aromatic rings. The van der Waals surface area contributed by atoms with Crippen molar-refractivity contribution in [2.75, 3.05) is 13.1 Å². The number of nitriles is 1. The first-order valence-corrected chi connectivity index (χ1v) is 4.45. The topological polar surface area (TPSA) is 27.0 Å². The maximum Gasteiger partial charge on any atom is 0.109 e. The van der Waals surface area contributed by atoms with Crippen LogP contribution in [0, 0.1) is 11.3 Å². The lowest BCUT2D eigenvalue weighted by Gasteiger charge is -2.30. The van der Waals surface area contributed by atoms with Crippen LogP contribution < -0.4 is 0 Å². The molecule has 1 fully saturated rings. The van der Waals surface area contributed by atoms with Gasteiger partial charge in [0.15, 0.2) is 0 Å². The fourth-order valence-electron chi connectivity index (χ4n) is 2.00. The van der Waals surface area contributed by atoms with Crippen molar-refractivity contribution in [1.82, 2.24) is 4.90 Å². The van der Waals surface area contributed by atoms with E-state index in [4.69, 9.17) is 5.26 Å². The van der Waals surface area contributed by atoms with Crippen molar-refractivity contribution in [2.24, 2.45) is 0 Å². The molecule has 0 aromatic carbocycles. The third-order valence-electron chi connectivity index (χ3n) is 2.80. The minimum absolute atomic E-state index is 0.116. The predicted octanol–water partition coefficient (Wildman–Crippen LogP) is 1.77. The van der Waals surface area contributed by atoms with Crippen LogP contribution in [0.1, 0.15) is 33.1 Å². The maximum atomic E-state index is 9.03. The van der Waals surface area contributed by atoms with E-state index in [1.54, 1.807) is 0 Å². The van der Waals surface area contributed by atoms with Crippen LogP contribution in [0.15, 0.2) is 0 Å². The van der Waals surface area contributed by atoms with Gasteiger partial charge in [0.1, 0.15) is 5.54 Å². The molecule has 0 N–H and O–H groups in total. The molecule has 2 nitrogen and oxygen atoms in total. The van der Waals surface area contributed by atoms with Gasteiger partial charge in [-0.25, -0.2) is 0 Å². The molecule has 0 aliphatic carbocycles. The largest absolute Gasteiger partial charge is 0.286 e. The average molecular weight is 152 g/mol. The first-order chi connectivity index (χ1) is 5.29. The van der Waals surface area contributed by atoms with Gasteiger partial charge in [0, 0.05) is 0 Å². The third-order valence-corrected chi connectivity index (χ3v) is 2.80. The summed E-state index contributed by atoms with van der Waals surface area (Å²) in [7, 11) is 0. The van der Waals surface area contributed by atoms with E-state index in [2.05, 4.69) is 24.8 Å². The highest BCUT2D eigenvalue weighted by atomic mass is 15.2. The molecule has 1 heterocycles. The highest BCUT2D eigenvalue weighted by Gasteiger charge is 2.38. The zero-order chi connectivity index (χ0) is 8.32. The Kier molecular flexibility index (Phi) is 2.51. The molecule has 1 aliphatic rings. The lowest BCUT2D eigenvalue weighted by atomic mass is 9.95. The van der Waals surface area contributed by atoms with Gasteiger partial charge < -0.3 is 0 Å². The van der Waals surface area contributed by atoms with Crippen molar-refractivity contribution in [2.45, 2.75) is 38.6 Å². The van der Waals surface area contributed by atoms with E-state index >= 15 is 0 Å². The molecule has 0 saturated carbocycles. The zero-order valence-electron chi connectivity index (χ0n) is 7.43. The molecule has 0 aromatic heterocycles. The summed E-state index contributed by atoms with van der Waals surface area (Å²) >= 11 is 0. The fraction of sp³-hybridized carbons (Fsp3) is 0.889. The van der Waals surface area contributed by atoms with E-state index in [-0.39, 0.29) is 5.54 Å². The first kappa shape index (κ1) is 8.55. The molecule has 62 valence electrons. The Morgan fingerprint density at radius 3 is 2.64 bits per heavy atom. The second-order valence-electron chi connectivity index (χ2n) is 3.18. The van der Waals surface area contributed by atoms with Crippen molar-refractivity contribution in [3.8, 4) is 6.07 Å². The number of hydrogen-bond donors (Lipinski definition) is 0. The lowest BCUT2D eigenvalue weighted by Crippen LogP contribution is -2.41. The lowest BCUT2D eigenvalue weighted by molar-refractivity contribution is 0.196. The molecule has 1 unspecified atom stereocenters. The van der Waals surface area contributed by atoms with Gasteiger partial charge in [0.25, 0.3) is 0 Å². The Labute approximate surface area is 68.8 Å². The highest BCUT2D eigenvalue weighted by Crippen LogP contribution is 2.30. The Bertz CT molecular complexity index is 171. The van der Waals surface area contributed by atoms with Crippen molar-refractivity contribution < 1.29 is 0 Å². The molecule has 11 heavy (non-hydrogen) atoms. The van der Waals surface area contributed by atoms with E-state index in [9.17, 15) is 0 Å². The number of hydrogen-bond acceptors (Lipinski definition) is 2. The van der Waals surface area contributed by atoms with Crippen molar-refractivity contribution >= 4 is 0 Å². The van der Waals surface area contributed by atoms with Gasteiger partial charge in [-0.2, -0.15) is 5.26 Å². The monoisotopic (exact) mass is 152 g/mol. The summed E-state index contributed by atoms with van der Waals surface area (Å²) in [5.74, 6) is 0. The molecule has 0 amide bonds. The van der Waals surface area contributed by atoms with E-state index in [1.165, 1.54) is 6.42 Å². The van der Waals surface area contributed by atoms with Gasteiger partial charge in [-0.3, -0.25) is 4.90 Å². The average Bonchev–Trinajstić information content (AvgIpc) is 2.47. The van der Waals surface area contributed by atoms with Gasteiger partial charge in [0.2, 0.25) is 0 Å². The molecule has 1 rings (SSSR count). The molecule has 0 radical (unpaired) electrons. The number of likely N-dealkylation sites (tertiary alicyclic amines) is 1. The normalized spacial score (nSPS) is 32.1. The summed E-state index contributed by atoms with van der Waals surface area (Å²) in [6.45, 7) is 6.36. The van der Waals surface area contributed by atoms with Crippen molar-refractivity contribution in [3.63, 3.8) is 0 Å². The molecule has 2 heteroatoms. The standard InChI is InChI=1S/C9H16N2/c1-3-9(8-10)6-5-7-11(9)4-2/h3-7H2,1-2H3. The van der Waals surface area contributed by atoms with Crippen LogP contribution in [0.3, 0.4) is 0 Å². The van der Waals surface area contributed by atoms with Crippen LogP contribution in [0.4, 0.5) is 0 Å². The van der Waals surface area contributed by atoms with Crippen LogP contribution in [0.25, 0.3) is 0 Å². The molecular weight excluding hydrogens is 136 g/mol. The summed E-state index contributed by atoms with van der Waals surface area (Å²) in [6, 6.07) is 2.45. The Morgan fingerprint density at radius 2 is 2.27 bits per heavy atom. The molecule has 0 bridgehead atoms. The van der Waals surface area contributed by atoms with Gasteiger partial charge in [-0.05, 0) is 32.4 Å². The zero-order valence-corrected chi connectivity index (χ0v) is 7.43. The minimum Gasteiger partial charge on any atom is -0.286 e. The van der Waals surface area contributed by atoms with E-state index < -0.39 is 0 Å². The minimum atomic E-state index is -0.116. The van der Waals surface area contributed by atoms with Gasteiger partial charge in [0.05, 0.1) is 6.07 Å². The first-order valence-electron chi connectivity index (χ1n) is 4.45. The number of nitrogens with zero attached hydrogens (tertiary/aromatic N) is 2. The Morgan fingerprint density at radius 1 is 1.55 bits per heavy atom. The summed E-state index contributed by atoms with van der Waals surface area (Å²) in [6.07, 6.45) is 3.22. The molecular formula is C9H16N2. The smallest absolute Gasteiger partial charge is 0.109 e. The molecule has 0 spiro atoms. The van der Waals surface area contributed by atoms with Crippen LogP contribution in [-0.2, 0) is 0 Å². The van der Waals surface area contributed by atoms with Gasteiger partial charge in [-0.1, -0.05) is 13.8 Å². The second-order valence-corrected chi connectivity index (χ2v) is 3.18. The molecule has 1 aliphatic heterocycles. The maximum absolute atomic E-state index is 9.03. The molecule has 1 atom stereocenters. The highest BCUT2D eigenvalue weighted by molar-refractivity contribution is 5.10. The van der Waals surface area contributed by atoms with Gasteiger partial charge >= 0.3 is 0 Å². The van der Waals surface area contributed by atoms with E-state index in [0.717, 1.165) is 25.9 Å². The summed E-state index contributed by atoms with van der Waals surface area (Å²) < 4.78 is 0. The summed E-state index contributed by atoms with van der Waals surface area (Å²) in [4.78, 5) is 2.30. The predicted molar refractivity (Wildman–Crippen MR) is 45.1 cm³/mol. The second kappa shape index (κ2) is 3.23. The van der Waals surface area contributed by atoms with Crippen LogP contribution in [0.2, 0.25) is 0 Å². The Balaban J connectivity index is 2.74. The SMILES string of the molecule is CCN1CCCC1(C#N)CC. The fourth-order valence-corrected chi connectivity index (χ4v) is 2.00.